The van der Waals surface area contributed by atoms with Crippen LogP contribution in [0.4, 0.5) is 30.4 Å². The van der Waals surface area contributed by atoms with E-state index >= 15 is 0 Å². The number of sulfone groups is 1. The third kappa shape index (κ3) is 7.22. The van der Waals surface area contributed by atoms with E-state index in [1.807, 2.05) is 0 Å². The van der Waals surface area contributed by atoms with Crippen LogP contribution < -0.4 is 15.4 Å². The molecule has 2 aliphatic heterocycles. The molecule has 3 aromatic rings. The first kappa shape index (κ1) is 32.3. The second-order valence-electron chi connectivity index (χ2n) is 10.8. The number of nitrogens with zero attached hydrogens (tertiary/aromatic N) is 3. The predicted octanol–water partition coefficient (Wildman–Crippen LogP) is 3.28. The zero-order chi connectivity index (χ0) is 31.7. The van der Waals surface area contributed by atoms with E-state index in [2.05, 4.69) is 25.5 Å². The Labute approximate surface area is 253 Å². The van der Waals surface area contributed by atoms with E-state index in [9.17, 15) is 30.0 Å². The number of rotatable bonds is 10. The van der Waals surface area contributed by atoms with Gasteiger partial charge in [-0.3, -0.25) is 4.90 Å². The molecule has 0 unspecified atom stereocenters. The van der Waals surface area contributed by atoms with Crippen LogP contribution in [0.1, 0.15) is 18.4 Å². The first-order chi connectivity index (χ1) is 20.8. The first-order valence-electron chi connectivity index (χ1n) is 14.0. The number of hydrogen-bond acceptors (Lipinski definition) is 10. The molecular weight excluding hydrogens is 625 g/mol. The monoisotopic (exact) mass is 660 g/mol. The SMILES string of the molecule is COc1cc(S(=O)(=O)N2CCC(N3CCOCC3)CC2)ccc1Nc1cc(NCCS(C)(=O)=O)c2c(C(F)(F)F)c[nH]c2n1. The number of benzene rings is 1. The van der Waals surface area contributed by atoms with Crippen molar-refractivity contribution in [3.8, 4) is 5.75 Å². The van der Waals surface area contributed by atoms with Gasteiger partial charge in [0.25, 0.3) is 0 Å². The van der Waals surface area contributed by atoms with Crippen molar-refractivity contribution in [2.45, 2.75) is 30.0 Å². The molecule has 2 fully saturated rings. The molecule has 242 valence electrons. The van der Waals surface area contributed by atoms with Crippen molar-refractivity contribution < 1.29 is 39.5 Å². The van der Waals surface area contributed by atoms with Crippen LogP contribution in [0.25, 0.3) is 11.0 Å². The fourth-order valence-corrected chi connectivity index (χ4v) is 7.50. The number of sulfonamides is 1. The number of methoxy groups -OCH3 is 1. The Hall–Kier alpha value is -3.12. The molecule has 5 rings (SSSR count). The van der Waals surface area contributed by atoms with E-state index in [1.54, 1.807) is 0 Å². The molecule has 0 amide bonds. The van der Waals surface area contributed by atoms with Crippen molar-refractivity contribution in [2.75, 3.05) is 75.7 Å². The summed E-state index contributed by atoms with van der Waals surface area (Å²) in [5, 5.41) is 5.54. The lowest BCUT2D eigenvalue weighted by Crippen LogP contribution is -2.50. The molecule has 1 aromatic carbocycles. The van der Waals surface area contributed by atoms with Gasteiger partial charge in [0.2, 0.25) is 10.0 Å². The molecule has 0 atom stereocenters. The Morgan fingerprint density at radius 1 is 1.07 bits per heavy atom. The average molecular weight is 661 g/mol. The van der Waals surface area contributed by atoms with Gasteiger partial charge in [0.15, 0.2) is 0 Å². The highest BCUT2D eigenvalue weighted by molar-refractivity contribution is 7.90. The summed E-state index contributed by atoms with van der Waals surface area (Å²) in [7, 11) is -5.81. The number of alkyl halides is 3. The number of aromatic amines is 1. The molecule has 0 saturated carbocycles. The average Bonchev–Trinajstić information content (AvgIpc) is 3.42. The van der Waals surface area contributed by atoms with Crippen LogP contribution >= 0.6 is 0 Å². The minimum Gasteiger partial charge on any atom is -0.495 e. The van der Waals surface area contributed by atoms with Crippen LogP contribution in [0.15, 0.2) is 35.4 Å². The molecule has 0 aliphatic carbocycles. The number of piperidine rings is 1. The number of ether oxygens (including phenoxy) is 2. The third-order valence-corrected chi connectivity index (χ3v) is 10.6. The number of morpholine rings is 1. The Morgan fingerprint density at radius 3 is 2.41 bits per heavy atom. The molecule has 2 saturated heterocycles. The number of aromatic nitrogens is 2. The van der Waals surface area contributed by atoms with Crippen molar-refractivity contribution in [2.24, 2.45) is 0 Å². The lowest BCUT2D eigenvalue weighted by atomic mass is 10.0. The van der Waals surface area contributed by atoms with Crippen LogP contribution in [0.5, 0.6) is 5.75 Å². The van der Waals surface area contributed by atoms with Crippen LogP contribution in [0.2, 0.25) is 0 Å². The maximum absolute atomic E-state index is 13.7. The van der Waals surface area contributed by atoms with Gasteiger partial charge in [-0.05, 0) is 25.0 Å². The van der Waals surface area contributed by atoms with Crippen molar-refractivity contribution >= 4 is 48.1 Å². The highest BCUT2D eigenvalue weighted by Gasteiger charge is 2.36. The Kier molecular flexibility index (Phi) is 9.32. The molecule has 0 radical (unpaired) electrons. The van der Waals surface area contributed by atoms with E-state index in [-0.39, 0.29) is 45.5 Å². The zero-order valence-corrected chi connectivity index (χ0v) is 25.9. The third-order valence-electron chi connectivity index (χ3n) is 7.79. The zero-order valence-electron chi connectivity index (χ0n) is 24.3. The minimum atomic E-state index is -4.68. The quantitative estimate of drug-likeness (QED) is 0.296. The van der Waals surface area contributed by atoms with Gasteiger partial charge in [0.1, 0.15) is 27.1 Å². The van der Waals surface area contributed by atoms with Gasteiger partial charge in [-0.15, -0.1) is 0 Å². The van der Waals surface area contributed by atoms with E-state index in [4.69, 9.17) is 9.47 Å². The van der Waals surface area contributed by atoms with Crippen molar-refractivity contribution in [1.29, 1.82) is 0 Å². The summed E-state index contributed by atoms with van der Waals surface area (Å²) in [5.74, 6) is 0.0132. The highest BCUT2D eigenvalue weighted by Crippen LogP contribution is 2.40. The highest BCUT2D eigenvalue weighted by atomic mass is 32.2. The molecule has 3 N–H and O–H groups in total. The van der Waals surface area contributed by atoms with Gasteiger partial charge in [-0.25, -0.2) is 21.8 Å². The summed E-state index contributed by atoms with van der Waals surface area (Å²) >= 11 is 0. The molecule has 17 heteroatoms. The Bertz CT molecular complexity index is 1700. The topological polar surface area (TPSA) is 146 Å². The van der Waals surface area contributed by atoms with Crippen molar-refractivity contribution in [3.05, 3.63) is 36.0 Å². The smallest absolute Gasteiger partial charge is 0.418 e. The molecular formula is C27H35F3N6O6S2. The number of halogens is 3. The second kappa shape index (κ2) is 12.7. The maximum atomic E-state index is 13.7. The minimum absolute atomic E-state index is 0.0216. The number of H-pyrrole nitrogens is 1. The fourth-order valence-electron chi connectivity index (χ4n) is 5.55. The Balaban J connectivity index is 1.37. The van der Waals surface area contributed by atoms with Gasteiger partial charge < -0.3 is 25.1 Å². The number of nitrogens with one attached hydrogen (secondary N) is 3. The summed E-state index contributed by atoms with van der Waals surface area (Å²) < 4.78 is 104. The van der Waals surface area contributed by atoms with E-state index in [0.717, 1.165) is 38.4 Å². The maximum Gasteiger partial charge on any atom is 0.418 e. The standard InChI is InChI=1S/C27H35F3N6O6S2/c1-41-23-15-19(44(39,40)36-8-5-18(6-9-36)35-10-12-42-13-11-35)3-4-21(23)33-24-16-22(31-7-14-43(2,37)38)25-20(27(28,29)30)17-32-26(25)34-24/h3-4,15-18H,5-14H2,1-2H3,(H3,31,32,33,34). The molecule has 0 bridgehead atoms. The molecule has 12 nitrogen and oxygen atoms in total. The van der Waals surface area contributed by atoms with E-state index in [0.29, 0.717) is 38.0 Å². The van der Waals surface area contributed by atoms with E-state index < -0.39 is 31.6 Å². The number of anilines is 3. The molecule has 44 heavy (non-hydrogen) atoms. The van der Waals surface area contributed by atoms with Gasteiger partial charge in [-0.2, -0.15) is 17.5 Å². The first-order valence-corrected chi connectivity index (χ1v) is 17.5. The van der Waals surface area contributed by atoms with Gasteiger partial charge in [0, 0.05) is 69.0 Å². The predicted molar refractivity (Wildman–Crippen MR) is 160 cm³/mol. The van der Waals surface area contributed by atoms with Crippen LogP contribution in [-0.4, -0.2) is 107 Å². The number of fused-ring (bicyclic) bond motifs is 1. The number of pyridine rings is 1. The second-order valence-corrected chi connectivity index (χ2v) is 15.0. The normalized spacial score (nSPS) is 18.0. The van der Waals surface area contributed by atoms with Crippen molar-refractivity contribution in [3.63, 3.8) is 0 Å². The van der Waals surface area contributed by atoms with Gasteiger partial charge in [-0.1, -0.05) is 0 Å². The summed E-state index contributed by atoms with van der Waals surface area (Å²) in [6.45, 7) is 3.71. The fraction of sp³-hybridized carbons (Fsp3) is 0.519. The summed E-state index contributed by atoms with van der Waals surface area (Å²) in [4.78, 5) is 9.20. The van der Waals surface area contributed by atoms with Crippen LogP contribution in [0, 0.1) is 0 Å². The largest absolute Gasteiger partial charge is 0.495 e. The summed E-state index contributed by atoms with van der Waals surface area (Å²) in [5.41, 5.74) is -0.681. The summed E-state index contributed by atoms with van der Waals surface area (Å²) in [6, 6.07) is 5.98. The van der Waals surface area contributed by atoms with Crippen LogP contribution in [0.3, 0.4) is 0 Å². The van der Waals surface area contributed by atoms with Gasteiger partial charge >= 0.3 is 6.18 Å². The lowest BCUT2D eigenvalue weighted by Gasteiger charge is -2.39. The molecule has 4 heterocycles. The van der Waals surface area contributed by atoms with Crippen molar-refractivity contribution in [1.82, 2.24) is 19.2 Å². The van der Waals surface area contributed by atoms with E-state index in [1.165, 1.54) is 35.7 Å². The summed E-state index contributed by atoms with van der Waals surface area (Å²) in [6.07, 6.45) is -1.40. The molecule has 0 spiro atoms. The lowest BCUT2D eigenvalue weighted by molar-refractivity contribution is -0.136. The molecule has 2 aliphatic rings. The van der Waals surface area contributed by atoms with Crippen LogP contribution in [-0.2, 0) is 30.8 Å². The Morgan fingerprint density at radius 2 is 1.77 bits per heavy atom. The number of hydrogen-bond donors (Lipinski definition) is 3. The molecule has 2 aromatic heterocycles. The van der Waals surface area contributed by atoms with Gasteiger partial charge in [0.05, 0.1) is 47.6 Å².